The maximum Gasteiger partial charge on any atom is 0.344 e. The van der Waals surface area contributed by atoms with Gasteiger partial charge in [0.25, 0.3) is 10.0 Å². The number of esters is 1. The second kappa shape index (κ2) is 10.2. The Morgan fingerprint density at radius 1 is 1.00 bits per heavy atom. The molecule has 37 heavy (non-hydrogen) atoms. The largest absolute Gasteiger partial charge is 0.482 e. The predicted molar refractivity (Wildman–Crippen MR) is 140 cm³/mol. The lowest BCUT2D eigenvalue weighted by molar-refractivity contribution is -0.145. The maximum atomic E-state index is 13.3. The van der Waals surface area contributed by atoms with Crippen LogP contribution in [0.3, 0.4) is 0 Å². The first-order valence-electron chi connectivity index (χ1n) is 11.6. The van der Waals surface area contributed by atoms with Gasteiger partial charge in [0.1, 0.15) is 11.6 Å². The van der Waals surface area contributed by atoms with Gasteiger partial charge >= 0.3 is 5.97 Å². The molecule has 0 aliphatic heterocycles. The minimum Gasteiger partial charge on any atom is -0.482 e. The molecule has 2 N–H and O–H groups in total. The van der Waals surface area contributed by atoms with Gasteiger partial charge in [0.05, 0.1) is 28.2 Å². The van der Waals surface area contributed by atoms with Gasteiger partial charge in [0.15, 0.2) is 6.61 Å². The van der Waals surface area contributed by atoms with Crippen molar-refractivity contribution < 1.29 is 22.7 Å². The van der Waals surface area contributed by atoms with E-state index in [4.69, 9.17) is 9.47 Å². The van der Waals surface area contributed by atoms with Gasteiger partial charge in [0, 0.05) is 23.6 Å². The summed E-state index contributed by atoms with van der Waals surface area (Å²) in [4.78, 5) is 19.5. The van der Waals surface area contributed by atoms with Gasteiger partial charge in [-0.05, 0) is 73.7 Å². The molecule has 9 nitrogen and oxygen atoms in total. The van der Waals surface area contributed by atoms with Crippen molar-refractivity contribution in [1.82, 2.24) is 14.5 Å². The van der Waals surface area contributed by atoms with E-state index in [1.54, 1.807) is 13.0 Å². The first kappa shape index (κ1) is 24.1. The molecule has 2 heterocycles. The number of para-hydroxylation sites is 2. The molecule has 2 aromatic heterocycles. The number of benzene rings is 3. The molecule has 0 bridgehead atoms. The molecular weight excluding hydrogens is 492 g/mol. The number of H-pyrrole nitrogens is 1. The molecule has 10 heteroatoms. The number of rotatable bonds is 9. The van der Waals surface area contributed by atoms with Gasteiger partial charge in [-0.1, -0.05) is 12.1 Å². The number of aromatic nitrogens is 3. The monoisotopic (exact) mass is 516 g/mol. The molecule has 0 amide bonds. The van der Waals surface area contributed by atoms with Crippen LogP contribution in [0, 0.1) is 0 Å². The van der Waals surface area contributed by atoms with E-state index < -0.39 is 16.0 Å². The Hall–Kier alpha value is -4.57. The van der Waals surface area contributed by atoms with Crippen molar-refractivity contribution in [2.45, 2.75) is 11.8 Å². The Balaban J connectivity index is 1.45. The SMILES string of the molecule is CCOC(=O)COc1ccc(S(=O)(=O)Nc2ccc(-n3cccc3)cc2-c2nc3ccccc3[nH]2)cc1. The smallest absolute Gasteiger partial charge is 0.344 e. The number of sulfonamides is 1. The van der Waals surface area contributed by atoms with Crippen molar-refractivity contribution in [2.24, 2.45) is 0 Å². The lowest BCUT2D eigenvalue weighted by atomic mass is 10.1. The third-order valence-electron chi connectivity index (χ3n) is 5.59. The molecule has 3 aromatic carbocycles. The average Bonchev–Trinajstić information content (AvgIpc) is 3.58. The first-order valence-corrected chi connectivity index (χ1v) is 13.0. The summed E-state index contributed by atoms with van der Waals surface area (Å²) in [7, 11) is -3.94. The van der Waals surface area contributed by atoms with E-state index in [1.165, 1.54) is 24.3 Å². The molecule has 0 aliphatic rings. The van der Waals surface area contributed by atoms with Crippen molar-refractivity contribution in [3.8, 4) is 22.8 Å². The van der Waals surface area contributed by atoms with Crippen LogP contribution in [0.5, 0.6) is 5.75 Å². The van der Waals surface area contributed by atoms with Crippen LogP contribution >= 0.6 is 0 Å². The number of ether oxygens (including phenoxy) is 2. The summed E-state index contributed by atoms with van der Waals surface area (Å²) >= 11 is 0. The number of nitrogens with zero attached hydrogens (tertiary/aromatic N) is 2. The number of nitrogens with one attached hydrogen (secondary N) is 2. The second-order valence-corrected chi connectivity index (χ2v) is 9.78. The van der Waals surface area contributed by atoms with E-state index in [-0.39, 0.29) is 18.1 Å². The fraction of sp³-hybridized carbons (Fsp3) is 0.111. The number of aromatic amines is 1. The lowest BCUT2D eigenvalue weighted by Crippen LogP contribution is -2.15. The Morgan fingerprint density at radius 3 is 2.49 bits per heavy atom. The number of imidazole rings is 1. The van der Waals surface area contributed by atoms with Gasteiger partial charge in [-0.25, -0.2) is 18.2 Å². The number of carbonyl (C=O) groups is 1. The highest BCUT2D eigenvalue weighted by Gasteiger charge is 2.19. The fourth-order valence-corrected chi connectivity index (χ4v) is 4.91. The van der Waals surface area contributed by atoms with Crippen LogP contribution in [0.15, 0.2) is 96.2 Å². The molecule has 0 radical (unpaired) electrons. The summed E-state index contributed by atoms with van der Waals surface area (Å²) < 4.78 is 41.4. The number of fused-ring (bicyclic) bond motifs is 1. The molecule has 0 aliphatic carbocycles. The Kier molecular flexibility index (Phi) is 6.65. The molecule has 0 saturated heterocycles. The van der Waals surface area contributed by atoms with Gasteiger partial charge in [-0.15, -0.1) is 0 Å². The summed E-state index contributed by atoms with van der Waals surface area (Å²) in [6.07, 6.45) is 3.82. The Morgan fingerprint density at radius 2 is 1.76 bits per heavy atom. The number of hydrogen-bond donors (Lipinski definition) is 2. The van der Waals surface area contributed by atoms with E-state index >= 15 is 0 Å². The molecule has 0 unspecified atom stereocenters. The van der Waals surface area contributed by atoms with Crippen molar-refractivity contribution >= 4 is 32.7 Å². The van der Waals surface area contributed by atoms with Crippen molar-refractivity contribution in [3.05, 3.63) is 91.3 Å². The highest BCUT2D eigenvalue weighted by Crippen LogP contribution is 2.32. The summed E-state index contributed by atoms with van der Waals surface area (Å²) in [5, 5.41) is 0. The topological polar surface area (TPSA) is 115 Å². The van der Waals surface area contributed by atoms with Crippen LogP contribution < -0.4 is 9.46 Å². The first-order chi connectivity index (χ1) is 17.9. The van der Waals surface area contributed by atoms with Crippen LogP contribution in [0.2, 0.25) is 0 Å². The van der Waals surface area contributed by atoms with Gasteiger partial charge in [0.2, 0.25) is 0 Å². The number of carbonyl (C=O) groups excluding carboxylic acids is 1. The quantitative estimate of drug-likeness (QED) is 0.273. The molecule has 0 atom stereocenters. The zero-order chi connectivity index (χ0) is 25.8. The van der Waals surface area contributed by atoms with Crippen LogP contribution in [-0.4, -0.2) is 42.1 Å². The summed E-state index contributed by atoms with van der Waals surface area (Å²) in [6, 6.07) is 22.7. The third-order valence-corrected chi connectivity index (χ3v) is 6.97. The third kappa shape index (κ3) is 5.34. The van der Waals surface area contributed by atoms with Crippen molar-refractivity contribution in [2.75, 3.05) is 17.9 Å². The van der Waals surface area contributed by atoms with E-state index in [2.05, 4.69) is 14.7 Å². The maximum absolute atomic E-state index is 13.3. The number of hydrogen-bond acceptors (Lipinski definition) is 6. The van der Waals surface area contributed by atoms with Crippen LogP contribution in [-0.2, 0) is 19.6 Å². The van der Waals surface area contributed by atoms with Gasteiger partial charge in [-0.2, -0.15) is 0 Å². The van der Waals surface area contributed by atoms with Crippen molar-refractivity contribution in [3.63, 3.8) is 0 Å². The normalized spacial score (nSPS) is 11.4. The zero-order valence-electron chi connectivity index (χ0n) is 19.9. The Labute approximate surface area is 213 Å². The summed E-state index contributed by atoms with van der Waals surface area (Å²) in [6.45, 7) is 1.71. The average molecular weight is 517 g/mol. The molecule has 5 rings (SSSR count). The molecule has 0 saturated carbocycles. The van der Waals surface area contributed by atoms with E-state index in [1.807, 2.05) is 65.5 Å². The molecule has 5 aromatic rings. The summed E-state index contributed by atoms with van der Waals surface area (Å²) in [5.41, 5.74) is 3.44. The van der Waals surface area contributed by atoms with Crippen LogP contribution in [0.4, 0.5) is 5.69 Å². The minimum atomic E-state index is -3.94. The summed E-state index contributed by atoms with van der Waals surface area (Å²) in [5.74, 6) is 0.393. The van der Waals surface area contributed by atoms with Crippen LogP contribution in [0.25, 0.3) is 28.1 Å². The van der Waals surface area contributed by atoms with Gasteiger partial charge < -0.3 is 19.0 Å². The van der Waals surface area contributed by atoms with Crippen molar-refractivity contribution in [1.29, 1.82) is 0 Å². The van der Waals surface area contributed by atoms with Gasteiger partial charge in [-0.3, -0.25) is 4.72 Å². The van der Waals surface area contributed by atoms with E-state index in [0.29, 0.717) is 22.8 Å². The number of anilines is 1. The molecular formula is C27H24N4O5S. The minimum absolute atomic E-state index is 0.0426. The van der Waals surface area contributed by atoms with E-state index in [9.17, 15) is 13.2 Å². The highest BCUT2D eigenvalue weighted by molar-refractivity contribution is 7.92. The fourth-order valence-electron chi connectivity index (χ4n) is 3.83. The zero-order valence-corrected chi connectivity index (χ0v) is 20.7. The van der Waals surface area contributed by atoms with E-state index in [0.717, 1.165) is 16.7 Å². The molecule has 188 valence electrons. The second-order valence-electron chi connectivity index (χ2n) is 8.09. The molecule has 0 spiro atoms. The highest BCUT2D eigenvalue weighted by atomic mass is 32.2. The lowest BCUT2D eigenvalue weighted by Gasteiger charge is -2.14. The molecule has 0 fully saturated rings. The predicted octanol–water partition coefficient (Wildman–Crippen LogP) is 4.76. The Bertz CT molecular complexity index is 1610. The standard InChI is InChI=1S/C27H24N4O5S/c1-2-35-26(32)18-36-20-10-12-21(13-11-20)37(33,34)30-23-14-9-19(31-15-5-6-16-31)17-22(23)27-28-24-7-3-4-8-25(24)29-27/h3-17,30H,2,18H2,1H3,(H,28,29). The van der Waals surface area contributed by atoms with Crippen LogP contribution in [0.1, 0.15) is 6.92 Å².